The van der Waals surface area contributed by atoms with Gasteiger partial charge in [-0.05, 0) is 43.2 Å². The number of nitrogens with two attached hydrogens (primary N) is 1. The second-order valence-corrected chi connectivity index (χ2v) is 6.04. The smallest absolute Gasteiger partial charge is 0.0544 e. The topological polar surface area (TPSA) is 42.1 Å². The number of likely N-dealkylation sites (tertiary alicyclic amines) is 1. The summed E-state index contributed by atoms with van der Waals surface area (Å²) in [4.78, 5) is 7.05. The third kappa shape index (κ3) is 3.28. The van der Waals surface area contributed by atoms with Gasteiger partial charge in [0, 0.05) is 31.9 Å². The molecule has 0 radical (unpaired) electrons. The quantitative estimate of drug-likeness (QED) is 0.905. The van der Waals surface area contributed by atoms with Crippen molar-refractivity contribution < 1.29 is 0 Å². The number of aromatic nitrogens is 1. The van der Waals surface area contributed by atoms with E-state index in [-0.39, 0.29) is 12.4 Å². The molecule has 0 spiro atoms. The summed E-state index contributed by atoms with van der Waals surface area (Å²) in [6, 6.07) is 4.73. The van der Waals surface area contributed by atoms with Crippen LogP contribution in [0.4, 0.5) is 0 Å². The van der Waals surface area contributed by atoms with E-state index in [2.05, 4.69) is 28.9 Å². The van der Waals surface area contributed by atoms with Crippen LogP contribution >= 0.6 is 12.4 Å². The number of rotatable bonds is 2. The van der Waals surface area contributed by atoms with E-state index in [0.717, 1.165) is 18.4 Å². The lowest BCUT2D eigenvalue weighted by Crippen LogP contribution is -2.38. The maximum Gasteiger partial charge on any atom is 0.0544 e. The molecule has 3 atom stereocenters. The zero-order chi connectivity index (χ0) is 12.5. The van der Waals surface area contributed by atoms with E-state index in [0.29, 0.717) is 6.04 Å². The van der Waals surface area contributed by atoms with Gasteiger partial charge in [0.2, 0.25) is 0 Å². The number of fused-ring (bicyclic) bond motifs is 1. The largest absolute Gasteiger partial charge is 0.327 e. The summed E-state index contributed by atoms with van der Waals surface area (Å²) in [7, 11) is 0. The molecule has 1 aromatic heterocycles. The van der Waals surface area contributed by atoms with Gasteiger partial charge in [0.25, 0.3) is 0 Å². The summed E-state index contributed by atoms with van der Waals surface area (Å²) in [5.74, 6) is 1.56. The third-order valence-electron chi connectivity index (χ3n) is 4.59. The highest BCUT2D eigenvalue weighted by molar-refractivity contribution is 5.85. The number of hydrogen-bond acceptors (Lipinski definition) is 3. The van der Waals surface area contributed by atoms with Crippen LogP contribution in [0.2, 0.25) is 0 Å². The van der Waals surface area contributed by atoms with E-state index in [1.54, 1.807) is 0 Å². The first kappa shape index (κ1) is 14.8. The summed E-state index contributed by atoms with van der Waals surface area (Å²) in [6.45, 7) is 5.45. The highest BCUT2D eigenvalue weighted by atomic mass is 35.5. The Balaban J connectivity index is 0.00000133. The summed E-state index contributed by atoms with van der Waals surface area (Å²) < 4.78 is 0. The van der Waals surface area contributed by atoms with Crippen molar-refractivity contribution in [1.82, 2.24) is 9.88 Å². The van der Waals surface area contributed by atoms with Crippen molar-refractivity contribution in [2.24, 2.45) is 17.6 Å². The van der Waals surface area contributed by atoms with Gasteiger partial charge in [0.05, 0.1) is 5.69 Å². The molecule has 1 aliphatic carbocycles. The number of pyridine rings is 1. The Morgan fingerprint density at radius 1 is 1.32 bits per heavy atom. The molecule has 1 saturated carbocycles. The molecule has 3 unspecified atom stereocenters. The van der Waals surface area contributed by atoms with E-state index < -0.39 is 0 Å². The van der Waals surface area contributed by atoms with Crippen LogP contribution in [0.1, 0.15) is 30.5 Å². The van der Waals surface area contributed by atoms with Gasteiger partial charge in [-0.2, -0.15) is 0 Å². The summed E-state index contributed by atoms with van der Waals surface area (Å²) >= 11 is 0. The van der Waals surface area contributed by atoms with Crippen LogP contribution < -0.4 is 5.73 Å². The predicted octanol–water partition coefficient (Wildman–Crippen LogP) is 2.37. The first-order valence-corrected chi connectivity index (χ1v) is 7.12. The Bertz CT molecular complexity index is 406. The van der Waals surface area contributed by atoms with Gasteiger partial charge in [0.1, 0.15) is 0 Å². The maximum atomic E-state index is 6.25. The fraction of sp³-hybridized carbons (Fsp3) is 0.667. The van der Waals surface area contributed by atoms with E-state index in [4.69, 9.17) is 5.73 Å². The van der Waals surface area contributed by atoms with Crippen molar-refractivity contribution in [2.75, 3.05) is 13.1 Å². The molecule has 0 aromatic carbocycles. The minimum atomic E-state index is 0. The molecule has 0 amide bonds. The van der Waals surface area contributed by atoms with Crippen molar-refractivity contribution in [3.63, 3.8) is 0 Å². The summed E-state index contributed by atoms with van der Waals surface area (Å²) in [6.07, 6.45) is 5.87. The van der Waals surface area contributed by atoms with E-state index in [1.165, 1.54) is 43.6 Å². The van der Waals surface area contributed by atoms with Gasteiger partial charge in [-0.3, -0.25) is 9.88 Å². The molecule has 3 nitrogen and oxygen atoms in total. The number of hydrogen-bond donors (Lipinski definition) is 1. The molecule has 1 aliphatic heterocycles. The number of aryl methyl sites for hydroxylation is 1. The monoisotopic (exact) mass is 281 g/mol. The van der Waals surface area contributed by atoms with Crippen molar-refractivity contribution in [1.29, 1.82) is 0 Å². The zero-order valence-corrected chi connectivity index (χ0v) is 12.4. The van der Waals surface area contributed by atoms with Crippen LogP contribution in [-0.2, 0) is 6.54 Å². The van der Waals surface area contributed by atoms with Gasteiger partial charge in [-0.15, -0.1) is 12.4 Å². The molecule has 2 fully saturated rings. The predicted molar refractivity (Wildman–Crippen MR) is 80.3 cm³/mol. The lowest BCUT2D eigenvalue weighted by molar-refractivity contribution is 0.259. The molecule has 106 valence electrons. The Labute approximate surface area is 122 Å². The third-order valence-corrected chi connectivity index (χ3v) is 4.59. The van der Waals surface area contributed by atoms with Crippen molar-refractivity contribution >= 4 is 12.4 Å². The molecular weight excluding hydrogens is 258 g/mol. The van der Waals surface area contributed by atoms with E-state index in [1.807, 2.05) is 6.20 Å². The van der Waals surface area contributed by atoms with Crippen LogP contribution in [0.15, 0.2) is 18.3 Å². The van der Waals surface area contributed by atoms with Crippen molar-refractivity contribution in [3.8, 4) is 0 Å². The standard InChI is InChI=1S/C15H23N3.ClH/c1-11-5-6-13(17-7-11)9-18-8-12-3-2-4-15(16)14(12)10-18;/h5-7,12,14-15H,2-4,8-10,16H2,1H3;1H. The molecule has 1 aromatic rings. The highest BCUT2D eigenvalue weighted by Gasteiger charge is 2.38. The van der Waals surface area contributed by atoms with Crippen LogP contribution in [0.5, 0.6) is 0 Å². The number of nitrogens with zero attached hydrogens (tertiary/aromatic N) is 2. The lowest BCUT2D eigenvalue weighted by atomic mass is 9.78. The average Bonchev–Trinajstić information content (AvgIpc) is 2.76. The van der Waals surface area contributed by atoms with Gasteiger partial charge >= 0.3 is 0 Å². The van der Waals surface area contributed by atoms with E-state index >= 15 is 0 Å². The second-order valence-electron chi connectivity index (χ2n) is 6.04. The number of halogens is 1. The van der Waals surface area contributed by atoms with Crippen LogP contribution in [0.25, 0.3) is 0 Å². The van der Waals surface area contributed by atoms with Gasteiger partial charge < -0.3 is 5.73 Å². The Morgan fingerprint density at radius 3 is 2.84 bits per heavy atom. The van der Waals surface area contributed by atoms with Crippen LogP contribution in [0, 0.1) is 18.8 Å². The van der Waals surface area contributed by atoms with Crippen LogP contribution in [0.3, 0.4) is 0 Å². The molecule has 1 saturated heterocycles. The molecule has 2 aliphatic rings. The Morgan fingerprint density at radius 2 is 2.16 bits per heavy atom. The molecule has 19 heavy (non-hydrogen) atoms. The molecule has 2 heterocycles. The SMILES string of the molecule is Cc1ccc(CN2CC3CCCC(N)C3C2)nc1.Cl. The average molecular weight is 282 g/mol. The zero-order valence-electron chi connectivity index (χ0n) is 11.6. The first-order valence-electron chi connectivity index (χ1n) is 7.12. The van der Waals surface area contributed by atoms with Gasteiger partial charge in [-0.1, -0.05) is 12.5 Å². The minimum Gasteiger partial charge on any atom is -0.327 e. The van der Waals surface area contributed by atoms with Crippen molar-refractivity contribution in [2.45, 2.75) is 38.8 Å². The van der Waals surface area contributed by atoms with Crippen LogP contribution in [-0.4, -0.2) is 29.0 Å². The molecule has 2 N–H and O–H groups in total. The second kappa shape index (κ2) is 6.21. The molecule has 3 rings (SSSR count). The lowest BCUT2D eigenvalue weighted by Gasteiger charge is -2.29. The molecule has 4 heteroatoms. The minimum absolute atomic E-state index is 0. The highest BCUT2D eigenvalue weighted by Crippen LogP contribution is 2.35. The fourth-order valence-corrected chi connectivity index (χ4v) is 3.56. The summed E-state index contributed by atoms with van der Waals surface area (Å²) in [5.41, 5.74) is 8.67. The van der Waals surface area contributed by atoms with E-state index in [9.17, 15) is 0 Å². The van der Waals surface area contributed by atoms with Gasteiger partial charge in [-0.25, -0.2) is 0 Å². The summed E-state index contributed by atoms with van der Waals surface area (Å²) in [5, 5.41) is 0. The normalized spacial score (nSPS) is 30.7. The Hall–Kier alpha value is -0.640. The molecule has 0 bridgehead atoms. The van der Waals surface area contributed by atoms with Crippen molar-refractivity contribution in [3.05, 3.63) is 29.6 Å². The molecular formula is C15H24ClN3. The Kier molecular flexibility index (Phi) is 4.82. The maximum absolute atomic E-state index is 6.25. The first-order chi connectivity index (χ1) is 8.72. The fourth-order valence-electron chi connectivity index (χ4n) is 3.56. The van der Waals surface area contributed by atoms with Gasteiger partial charge in [0.15, 0.2) is 0 Å².